The van der Waals surface area contributed by atoms with E-state index in [9.17, 15) is 9.90 Å². The Morgan fingerprint density at radius 1 is 1.03 bits per heavy atom. The Morgan fingerprint density at radius 3 is 2.59 bits per heavy atom. The van der Waals surface area contributed by atoms with Gasteiger partial charge in [0.05, 0.1) is 13.1 Å². The first kappa shape index (κ1) is 22.7. The topological polar surface area (TPSA) is 84.4 Å². The molecular formula is C26H28N4O3S. The summed E-state index contributed by atoms with van der Waals surface area (Å²) in [6.45, 7) is 5.67. The Morgan fingerprint density at radius 2 is 1.82 bits per heavy atom. The van der Waals surface area contributed by atoms with Gasteiger partial charge in [0.15, 0.2) is 5.16 Å². The molecular weight excluding hydrogens is 448 g/mol. The number of aromatic nitrogens is 3. The average molecular weight is 477 g/mol. The number of aryl methyl sites for hydroxylation is 1. The molecule has 8 heteroatoms. The van der Waals surface area contributed by atoms with Gasteiger partial charge in [0, 0.05) is 23.3 Å². The third kappa shape index (κ3) is 4.88. The van der Waals surface area contributed by atoms with Crippen molar-refractivity contribution in [1.82, 2.24) is 19.7 Å². The highest BCUT2D eigenvalue weighted by Crippen LogP contribution is 2.31. The zero-order valence-electron chi connectivity index (χ0n) is 19.2. The van der Waals surface area contributed by atoms with Crippen LogP contribution in [0.2, 0.25) is 0 Å². The van der Waals surface area contributed by atoms with Crippen LogP contribution in [0.4, 0.5) is 0 Å². The number of nitrogens with zero attached hydrogens (tertiary/aromatic N) is 4. The SMILES string of the molecule is CCc1cc2c(CSc3nnc(CN4CCCC4)n3Cc3ccccc3)cc(=O)oc2cc1O. The molecule has 1 aliphatic heterocycles. The van der Waals surface area contributed by atoms with E-state index in [-0.39, 0.29) is 5.75 Å². The van der Waals surface area contributed by atoms with Gasteiger partial charge in [-0.25, -0.2) is 4.79 Å². The molecule has 5 rings (SSSR count). The normalized spacial score (nSPS) is 14.3. The van der Waals surface area contributed by atoms with Crippen molar-refractivity contribution in [2.75, 3.05) is 13.1 Å². The van der Waals surface area contributed by atoms with E-state index >= 15 is 0 Å². The minimum atomic E-state index is -0.424. The fourth-order valence-electron chi connectivity index (χ4n) is 4.46. The zero-order valence-corrected chi connectivity index (χ0v) is 20.1. The minimum absolute atomic E-state index is 0.150. The second-order valence-electron chi connectivity index (χ2n) is 8.66. The van der Waals surface area contributed by atoms with Gasteiger partial charge in [0.1, 0.15) is 17.2 Å². The van der Waals surface area contributed by atoms with Crippen molar-refractivity contribution in [2.24, 2.45) is 0 Å². The van der Waals surface area contributed by atoms with E-state index in [4.69, 9.17) is 4.42 Å². The van der Waals surface area contributed by atoms with Crippen LogP contribution < -0.4 is 5.63 Å². The Labute approximate surface area is 202 Å². The maximum absolute atomic E-state index is 12.2. The van der Waals surface area contributed by atoms with Crippen LogP contribution in [0.15, 0.2) is 62.9 Å². The first-order valence-corrected chi connectivity index (χ1v) is 12.7. The van der Waals surface area contributed by atoms with Crippen LogP contribution >= 0.6 is 11.8 Å². The van der Waals surface area contributed by atoms with E-state index in [1.165, 1.54) is 30.5 Å². The summed E-state index contributed by atoms with van der Waals surface area (Å²) < 4.78 is 7.54. The van der Waals surface area contributed by atoms with E-state index in [1.54, 1.807) is 11.8 Å². The van der Waals surface area contributed by atoms with Crippen LogP contribution in [0, 0.1) is 0 Å². The lowest BCUT2D eigenvalue weighted by molar-refractivity contribution is 0.316. The second-order valence-corrected chi connectivity index (χ2v) is 9.61. The second kappa shape index (κ2) is 10.0. The fraction of sp³-hybridized carbons (Fsp3) is 0.346. The first-order valence-electron chi connectivity index (χ1n) is 11.7. The Balaban J connectivity index is 1.45. The summed E-state index contributed by atoms with van der Waals surface area (Å²) in [7, 11) is 0. The van der Waals surface area contributed by atoms with Crippen LogP contribution in [0.3, 0.4) is 0 Å². The lowest BCUT2D eigenvalue weighted by atomic mass is 10.1. The minimum Gasteiger partial charge on any atom is -0.508 e. The molecule has 0 bridgehead atoms. The van der Waals surface area contributed by atoms with E-state index < -0.39 is 5.63 Å². The number of benzene rings is 2. The highest BCUT2D eigenvalue weighted by Gasteiger charge is 2.19. The number of phenolic OH excluding ortho intramolecular Hbond substituents is 1. The highest BCUT2D eigenvalue weighted by molar-refractivity contribution is 7.98. The molecule has 1 fully saturated rings. The summed E-state index contributed by atoms with van der Waals surface area (Å²) >= 11 is 1.57. The molecule has 0 atom stereocenters. The van der Waals surface area contributed by atoms with Crippen molar-refractivity contribution >= 4 is 22.7 Å². The van der Waals surface area contributed by atoms with Crippen LogP contribution in [0.25, 0.3) is 11.0 Å². The molecule has 176 valence electrons. The van der Waals surface area contributed by atoms with Gasteiger partial charge in [-0.3, -0.25) is 4.90 Å². The lowest BCUT2D eigenvalue weighted by Gasteiger charge is -2.16. The van der Waals surface area contributed by atoms with Crippen molar-refractivity contribution in [3.63, 3.8) is 0 Å². The van der Waals surface area contributed by atoms with E-state index in [1.807, 2.05) is 31.2 Å². The molecule has 0 radical (unpaired) electrons. The van der Waals surface area contributed by atoms with Gasteiger partial charge in [-0.1, -0.05) is 49.0 Å². The number of hydrogen-bond acceptors (Lipinski definition) is 7. The van der Waals surface area contributed by atoms with Crippen molar-refractivity contribution < 1.29 is 9.52 Å². The van der Waals surface area contributed by atoms with Crippen molar-refractivity contribution in [3.05, 3.63) is 81.5 Å². The molecule has 7 nitrogen and oxygen atoms in total. The van der Waals surface area contributed by atoms with Crippen LogP contribution in [0.5, 0.6) is 5.75 Å². The average Bonchev–Trinajstić information content (AvgIpc) is 3.48. The Kier molecular flexibility index (Phi) is 6.69. The molecule has 34 heavy (non-hydrogen) atoms. The molecule has 2 aromatic heterocycles. The molecule has 0 aliphatic carbocycles. The standard InChI is InChI=1S/C26H28N4O3S/c1-2-19-12-21-20(13-25(32)33-23(21)14-22(19)31)17-34-26-28-27-24(16-29-10-6-7-11-29)30(26)15-18-8-4-3-5-9-18/h3-5,8-9,12-14,31H,2,6-7,10-11,15-17H2,1H3. The first-order chi connectivity index (χ1) is 16.6. The van der Waals surface area contributed by atoms with Crippen molar-refractivity contribution in [3.8, 4) is 5.75 Å². The number of thioether (sulfide) groups is 1. The third-order valence-electron chi connectivity index (χ3n) is 6.31. The zero-order chi connectivity index (χ0) is 23.5. The molecule has 0 saturated carbocycles. The van der Waals surface area contributed by atoms with Gasteiger partial charge >= 0.3 is 5.63 Å². The van der Waals surface area contributed by atoms with Gasteiger partial charge in [-0.2, -0.15) is 0 Å². The number of hydrogen-bond donors (Lipinski definition) is 1. The highest BCUT2D eigenvalue weighted by atomic mass is 32.2. The van der Waals surface area contributed by atoms with E-state index in [0.29, 0.717) is 24.3 Å². The van der Waals surface area contributed by atoms with Crippen LogP contribution in [-0.2, 0) is 25.3 Å². The molecule has 0 unspecified atom stereocenters. The van der Waals surface area contributed by atoms with Gasteiger partial charge in [0.2, 0.25) is 0 Å². The Hall–Kier alpha value is -3.10. The summed E-state index contributed by atoms with van der Waals surface area (Å²) in [4.78, 5) is 14.6. The molecule has 4 aromatic rings. The molecule has 2 aromatic carbocycles. The predicted molar refractivity (Wildman–Crippen MR) is 133 cm³/mol. The summed E-state index contributed by atoms with van der Waals surface area (Å²) in [6.07, 6.45) is 3.15. The molecule has 0 amide bonds. The third-order valence-corrected chi connectivity index (χ3v) is 7.32. The summed E-state index contributed by atoms with van der Waals surface area (Å²) in [5.74, 6) is 1.66. The molecule has 3 heterocycles. The lowest BCUT2D eigenvalue weighted by Crippen LogP contribution is -2.21. The monoisotopic (exact) mass is 476 g/mol. The maximum atomic E-state index is 12.2. The summed E-state index contributed by atoms with van der Waals surface area (Å²) in [6, 6.07) is 15.3. The number of fused-ring (bicyclic) bond motifs is 1. The molecule has 1 N–H and O–H groups in total. The van der Waals surface area contributed by atoms with Crippen molar-refractivity contribution in [1.29, 1.82) is 0 Å². The smallest absolute Gasteiger partial charge is 0.336 e. The maximum Gasteiger partial charge on any atom is 0.336 e. The number of rotatable bonds is 8. The van der Waals surface area contributed by atoms with Gasteiger partial charge < -0.3 is 14.1 Å². The van der Waals surface area contributed by atoms with Gasteiger partial charge in [-0.15, -0.1) is 10.2 Å². The summed E-state index contributed by atoms with van der Waals surface area (Å²) in [5.41, 5.74) is 2.86. The Bertz CT molecular complexity index is 1340. The molecule has 1 aliphatic rings. The predicted octanol–water partition coefficient (Wildman–Crippen LogP) is 4.59. The molecule has 1 saturated heterocycles. The van der Waals surface area contributed by atoms with E-state index in [0.717, 1.165) is 47.1 Å². The largest absolute Gasteiger partial charge is 0.508 e. The fourth-order valence-corrected chi connectivity index (χ4v) is 5.41. The van der Waals surface area contributed by atoms with Crippen LogP contribution in [-0.4, -0.2) is 37.9 Å². The number of phenols is 1. The quantitative estimate of drug-likeness (QED) is 0.294. The number of likely N-dealkylation sites (tertiary alicyclic amines) is 1. The number of aromatic hydroxyl groups is 1. The van der Waals surface area contributed by atoms with Crippen molar-refractivity contribution in [2.45, 2.75) is 50.2 Å². The summed E-state index contributed by atoms with van der Waals surface area (Å²) in [5, 5.41) is 20.9. The van der Waals surface area contributed by atoms with E-state index in [2.05, 4.69) is 31.8 Å². The van der Waals surface area contributed by atoms with Gasteiger partial charge in [-0.05, 0) is 55.1 Å². The molecule has 0 spiro atoms. The van der Waals surface area contributed by atoms with Gasteiger partial charge in [0.25, 0.3) is 0 Å². The van der Waals surface area contributed by atoms with Crippen LogP contribution in [0.1, 0.15) is 42.3 Å².